The second kappa shape index (κ2) is 8.84. The number of rotatable bonds is 6. The molecular formula is C24H23N3O4S. The van der Waals surface area contributed by atoms with Gasteiger partial charge in [0.25, 0.3) is 11.5 Å². The summed E-state index contributed by atoms with van der Waals surface area (Å²) in [6.45, 7) is 2.16. The number of methoxy groups -OCH3 is 1. The topological polar surface area (TPSA) is 82.3 Å². The molecule has 2 aromatic carbocycles. The van der Waals surface area contributed by atoms with E-state index in [4.69, 9.17) is 4.74 Å². The van der Waals surface area contributed by atoms with Crippen LogP contribution >= 0.6 is 11.3 Å². The zero-order chi connectivity index (χ0) is 22.8. The molecule has 1 atom stereocenters. The van der Waals surface area contributed by atoms with Crippen molar-refractivity contribution in [2.24, 2.45) is 7.05 Å². The third kappa shape index (κ3) is 3.97. The van der Waals surface area contributed by atoms with Crippen molar-refractivity contribution in [3.05, 3.63) is 97.5 Å². The van der Waals surface area contributed by atoms with Crippen LogP contribution in [0.15, 0.2) is 70.3 Å². The minimum Gasteiger partial charge on any atom is -0.497 e. The van der Waals surface area contributed by atoms with E-state index in [1.165, 1.54) is 9.13 Å². The molecule has 8 heteroatoms. The van der Waals surface area contributed by atoms with Crippen molar-refractivity contribution in [3.63, 3.8) is 0 Å². The minimum absolute atomic E-state index is 0.295. The van der Waals surface area contributed by atoms with Gasteiger partial charge in [0.2, 0.25) is 0 Å². The molecule has 0 fully saturated rings. The maximum absolute atomic E-state index is 13.2. The molecule has 0 saturated heterocycles. The van der Waals surface area contributed by atoms with E-state index in [1.54, 1.807) is 20.2 Å². The fourth-order valence-corrected chi connectivity index (χ4v) is 4.62. The lowest BCUT2D eigenvalue weighted by atomic mass is 10.1. The second-order valence-electron chi connectivity index (χ2n) is 7.46. The van der Waals surface area contributed by atoms with Gasteiger partial charge in [0.15, 0.2) is 0 Å². The van der Waals surface area contributed by atoms with Crippen molar-refractivity contribution in [2.45, 2.75) is 19.5 Å². The predicted molar refractivity (Wildman–Crippen MR) is 126 cm³/mol. The number of fused-ring (bicyclic) bond motifs is 1. The van der Waals surface area contributed by atoms with Gasteiger partial charge in [-0.2, -0.15) is 0 Å². The van der Waals surface area contributed by atoms with Crippen molar-refractivity contribution in [1.82, 2.24) is 14.5 Å². The number of thiophene rings is 1. The van der Waals surface area contributed by atoms with Crippen molar-refractivity contribution in [2.75, 3.05) is 7.11 Å². The van der Waals surface area contributed by atoms with Crippen LogP contribution in [0.25, 0.3) is 10.2 Å². The molecule has 2 heterocycles. The van der Waals surface area contributed by atoms with Crippen LogP contribution in [0.3, 0.4) is 0 Å². The highest BCUT2D eigenvalue weighted by Gasteiger charge is 2.21. The average Bonchev–Trinajstić information content (AvgIpc) is 3.28. The number of hydrogen-bond acceptors (Lipinski definition) is 5. The normalized spacial score (nSPS) is 12.0. The van der Waals surface area contributed by atoms with Crippen LogP contribution in [0.2, 0.25) is 0 Å². The first-order valence-corrected chi connectivity index (χ1v) is 10.9. The Morgan fingerprint density at radius 3 is 2.44 bits per heavy atom. The molecule has 0 spiro atoms. The Balaban J connectivity index is 1.65. The van der Waals surface area contributed by atoms with E-state index in [0.717, 1.165) is 28.2 Å². The molecule has 0 radical (unpaired) electrons. The van der Waals surface area contributed by atoms with Gasteiger partial charge in [-0.05, 0) is 36.2 Å². The summed E-state index contributed by atoms with van der Waals surface area (Å²) in [6.07, 6.45) is 0. The fraction of sp³-hybridized carbons (Fsp3) is 0.208. The molecular weight excluding hydrogens is 426 g/mol. The highest BCUT2D eigenvalue weighted by atomic mass is 32.1. The summed E-state index contributed by atoms with van der Waals surface area (Å²) in [7, 11) is 3.22. The van der Waals surface area contributed by atoms with Crippen molar-refractivity contribution in [3.8, 4) is 5.75 Å². The predicted octanol–water partition coefficient (Wildman–Crippen LogP) is 3.31. The van der Waals surface area contributed by atoms with E-state index in [2.05, 4.69) is 5.32 Å². The van der Waals surface area contributed by atoms with Gasteiger partial charge in [0.05, 0.1) is 23.4 Å². The Morgan fingerprint density at radius 1 is 1.09 bits per heavy atom. The lowest BCUT2D eigenvalue weighted by molar-refractivity contribution is 0.0955. The zero-order valence-corrected chi connectivity index (χ0v) is 18.8. The maximum atomic E-state index is 13.2. The van der Waals surface area contributed by atoms with E-state index in [1.807, 2.05) is 61.5 Å². The SMILES string of the molecule is COc1ccc(CNC(=O)c2cc3c(=O)n(C(C)c4ccccc4)c(=O)n(C)c3s2)cc1. The number of nitrogens with zero attached hydrogens (tertiary/aromatic N) is 2. The fourth-order valence-electron chi connectivity index (χ4n) is 3.60. The monoisotopic (exact) mass is 449 g/mol. The number of nitrogens with one attached hydrogen (secondary N) is 1. The third-order valence-corrected chi connectivity index (χ3v) is 6.67. The van der Waals surface area contributed by atoms with E-state index in [-0.39, 0.29) is 5.91 Å². The number of aryl methyl sites for hydroxylation is 1. The molecule has 0 aliphatic carbocycles. The molecule has 4 rings (SSSR count). The molecule has 7 nitrogen and oxygen atoms in total. The Labute approximate surface area is 188 Å². The van der Waals surface area contributed by atoms with Gasteiger partial charge in [0, 0.05) is 13.6 Å². The maximum Gasteiger partial charge on any atom is 0.332 e. The van der Waals surface area contributed by atoms with E-state index >= 15 is 0 Å². The van der Waals surface area contributed by atoms with Crippen LogP contribution in [0, 0.1) is 0 Å². The smallest absolute Gasteiger partial charge is 0.332 e. The molecule has 32 heavy (non-hydrogen) atoms. The minimum atomic E-state index is -0.431. The first-order valence-electron chi connectivity index (χ1n) is 10.1. The van der Waals surface area contributed by atoms with E-state index in [0.29, 0.717) is 21.6 Å². The largest absolute Gasteiger partial charge is 0.497 e. The summed E-state index contributed by atoms with van der Waals surface area (Å²) in [5, 5.41) is 3.22. The Kier molecular flexibility index (Phi) is 5.96. The molecule has 1 unspecified atom stereocenters. The summed E-state index contributed by atoms with van der Waals surface area (Å²) < 4.78 is 7.81. The first kappa shape index (κ1) is 21.6. The second-order valence-corrected chi connectivity index (χ2v) is 8.49. The van der Waals surface area contributed by atoms with Crippen molar-refractivity contribution < 1.29 is 9.53 Å². The van der Waals surface area contributed by atoms with Gasteiger partial charge in [-0.25, -0.2) is 4.79 Å². The van der Waals surface area contributed by atoms with Gasteiger partial charge in [0.1, 0.15) is 10.6 Å². The number of carbonyl (C=O) groups is 1. The summed E-state index contributed by atoms with van der Waals surface area (Å²) >= 11 is 1.14. The van der Waals surface area contributed by atoms with Crippen LogP contribution in [-0.2, 0) is 13.6 Å². The van der Waals surface area contributed by atoms with Crippen LogP contribution in [0.5, 0.6) is 5.75 Å². The average molecular weight is 450 g/mol. The molecule has 0 aliphatic rings. The van der Waals surface area contributed by atoms with Gasteiger partial charge in [-0.15, -0.1) is 11.3 Å². The van der Waals surface area contributed by atoms with Crippen molar-refractivity contribution >= 4 is 27.5 Å². The molecule has 0 aliphatic heterocycles. The Hall–Kier alpha value is -3.65. The summed E-state index contributed by atoms with van der Waals surface area (Å²) in [6, 6.07) is 17.9. The highest BCUT2D eigenvalue weighted by Crippen LogP contribution is 2.23. The lowest BCUT2D eigenvalue weighted by Crippen LogP contribution is -2.40. The summed E-state index contributed by atoms with van der Waals surface area (Å²) in [4.78, 5) is 39.8. The molecule has 1 amide bonds. The van der Waals surface area contributed by atoms with Crippen LogP contribution in [0.4, 0.5) is 0 Å². The first-order chi connectivity index (χ1) is 15.4. The number of benzene rings is 2. The summed E-state index contributed by atoms with van der Waals surface area (Å²) in [5.74, 6) is 0.447. The van der Waals surface area contributed by atoms with E-state index in [9.17, 15) is 14.4 Å². The quantitative estimate of drug-likeness (QED) is 0.490. The summed E-state index contributed by atoms with van der Waals surface area (Å²) in [5.41, 5.74) is 0.973. The molecule has 0 bridgehead atoms. The molecule has 2 aromatic heterocycles. The molecule has 1 N–H and O–H groups in total. The van der Waals surface area contributed by atoms with Crippen LogP contribution < -0.4 is 21.3 Å². The zero-order valence-electron chi connectivity index (χ0n) is 18.0. The molecule has 4 aromatic rings. The Morgan fingerprint density at radius 2 is 1.78 bits per heavy atom. The van der Waals surface area contributed by atoms with Gasteiger partial charge in [-0.1, -0.05) is 42.5 Å². The lowest BCUT2D eigenvalue weighted by Gasteiger charge is -2.16. The Bertz CT molecular complexity index is 1390. The van der Waals surface area contributed by atoms with Gasteiger partial charge in [-0.3, -0.25) is 18.7 Å². The highest BCUT2D eigenvalue weighted by molar-refractivity contribution is 7.20. The van der Waals surface area contributed by atoms with Gasteiger partial charge < -0.3 is 10.1 Å². The number of hydrogen-bond donors (Lipinski definition) is 1. The van der Waals surface area contributed by atoms with Crippen LogP contribution in [-0.4, -0.2) is 22.2 Å². The van der Waals surface area contributed by atoms with Gasteiger partial charge >= 0.3 is 5.69 Å². The van der Waals surface area contributed by atoms with Crippen molar-refractivity contribution in [1.29, 1.82) is 0 Å². The third-order valence-electron chi connectivity index (χ3n) is 5.46. The van der Waals surface area contributed by atoms with Crippen LogP contribution in [0.1, 0.15) is 33.8 Å². The number of amides is 1. The number of ether oxygens (including phenoxy) is 1. The molecule has 164 valence electrons. The number of carbonyl (C=O) groups excluding carboxylic acids is 1. The molecule has 0 saturated carbocycles. The van der Waals surface area contributed by atoms with E-state index < -0.39 is 17.3 Å². The standard InChI is InChI=1S/C24H23N3O4S/c1-15(17-7-5-4-6-8-17)27-22(29)19-13-20(32-23(19)26(2)24(27)30)21(28)25-14-16-9-11-18(31-3)12-10-16/h4-13,15H,14H2,1-3H3,(H,25,28). The number of aromatic nitrogens is 2.